The molecule has 2 aromatic heterocycles. The van der Waals surface area contributed by atoms with Crippen LogP contribution in [0.4, 0.5) is 11.6 Å². The van der Waals surface area contributed by atoms with Crippen LogP contribution in [0.5, 0.6) is 5.75 Å². The fourth-order valence-corrected chi connectivity index (χ4v) is 3.47. The van der Waals surface area contributed by atoms with Crippen LogP contribution in [-0.4, -0.2) is 28.2 Å². The molecule has 1 aliphatic heterocycles. The van der Waals surface area contributed by atoms with Crippen LogP contribution in [0.3, 0.4) is 0 Å². The van der Waals surface area contributed by atoms with E-state index in [9.17, 15) is 4.79 Å². The minimum absolute atomic E-state index is 0.0417. The summed E-state index contributed by atoms with van der Waals surface area (Å²) in [6.07, 6.45) is 4.30. The SMILES string of the molecule is COc1ccc(-n2ccc(C)c(N3CCc4nc(N)ncc4C3)c2=O)cc1. The summed E-state index contributed by atoms with van der Waals surface area (Å²) in [6.45, 7) is 3.27. The van der Waals surface area contributed by atoms with Gasteiger partial charge in [-0.15, -0.1) is 0 Å². The Morgan fingerprint density at radius 1 is 1.19 bits per heavy atom. The maximum atomic E-state index is 13.2. The summed E-state index contributed by atoms with van der Waals surface area (Å²) in [5.41, 5.74) is 10.1. The van der Waals surface area contributed by atoms with Crippen molar-refractivity contribution in [1.29, 1.82) is 0 Å². The van der Waals surface area contributed by atoms with Gasteiger partial charge in [0.1, 0.15) is 11.4 Å². The van der Waals surface area contributed by atoms with E-state index in [1.807, 2.05) is 43.5 Å². The Morgan fingerprint density at radius 2 is 1.96 bits per heavy atom. The van der Waals surface area contributed by atoms with Gasteiger partial charge < -0.3 is 15.4 Å². The molecule has 7 nitrogen and oxygen atoms in total. The first-order chi connectivity index (χ1) is 13.1. The summed E-state index contributed by atoms with van der Waals surface area (Å²) < 4.78 is 6.86. The molecule has 0 spiro atoms. The first-order valence-electron chi connectivity index (χ1n) is 8.78. The van der Waals surface area contributed by atoms with E-state index < -0.39 is 0 Å². The van der Waals surface area contributed by atoms with Gasteiger partial charge in [0.15, 0.2) is 0 Å². The molecular weight excluding hydrogens is 342 g/mol. The molecule has 0 bridgehead atoms. The van der Waals surface area contributed by atoms with Crippen molar-refractivity contribution in [3.05, 3.63) is 69.9 Å². The Kier molecular flexibility index (Phi) is 4.27. The minimum atomic E-state index is -0.0417. The van der Waals surface area contributed by atoms with E-state index in [4.69, 9.17) is 10.5 Å². The number of anilines is 2. The molecule has 1 aliphatic rings. The summed E-state index contributed by atoms with van der Waals surface area (Å²) in [4.78, 5) is 23.8. The smallest absolute Gasteiger partial charge is 0.278 e. The summed E-state index contributed by atoms with van der Waals surface area (Å²) >= 11 is 0. The number of hydrogen-bond donors (Lipinski definition) is 1. The Balaban J connectivity index is 1.73. The maximum Gasteiger partial charge on any atom is 0.278 e. The van der Waals surface area contributed by atoms with E-state index in [0.717, 1.165) is 34.7 Å². The molecule has 0 saturated heterocycles. The van der Waals surface area contributed by atoms with Crippen molar-refractivity contribution in [2.75, 3.05) is 24.3 Å². The van der Waals surface area contributed by atoms with Crippen LogP contribution in [0.25, 0.3) is 5.69 Å². The predicted molar refractivity (Wildman–Crippen MR) is 105 cm³/mol. The lowest BCUT2D eigenvalue weighted by Gasteiger charge is -2.30. The van der Waals surface area contributed by atoms with E-state index in [0.29, 0.717) is 24.7 Å². The summed E-state index contributed by atoms with van der Waals surface area (Å²) in [5.74, 6) is 1.05. The molecule has 0 saturated carbocycles. The molecule has 0 unspecified atom stereocenters. The molecule has 138 valence electrons. The van der Waals surface area contributed by atoms with Gasteiger partial charge in [-0.25, -0.2) is 9.97 Å². The highest BCUT2D eigenvalue weighted by atomic mass is 16.5. The van der Waals surface area contributed by atoms with Gasteiger partial charge in [0.05, 0.1) is 12.8 Å². The van der Waals surface area contributed by atoms with Gasteiger partial charge in [-0.05, 0) is 42.8 Å². The third-order valence-corrected chi connectivity index (χ3v) is 4.89. The number of ether oxygens (including phenoxy) is 1. The number of pyridine rings is 1. The highest BCUT2D eigenvalue weighted by Gasteiger charge is 2.22. The minimum Gasteiger partial charge on any atom is -0.497 e. The highest BCUT2D eigenvalue weighted by molar-refractivity contribution is 5.55. The fraction of sp³-hybridized carbons (Fsp3) is 0.250. The van der Waals surface area contributed by atoms with E-state index in [1.165, 1.54) is 0 Å². The van der Waals surface area contributed by atoms with Crippen LogP contribution >= 0.6 is 0 Å². The van der Waals surface area contributed by atoms with Crippen LogP contribution in [0, 0.1) is 6.92 Å². The Morgan fingerprint density at radius 3 is 2.70 bits per heavy atom. The lowest BCUT2D eigenvalue weighted by atomic mass is 10.1. The van der Waals surface area contributed by atoms with Crippen LogP contribution in [0.1, 0.15) is 16.8 Å². The fourth-order valence-electron chi connectivity index (χ4n) is 3.47. The third kappa shape index (κ3) is 3.12. The van der Waals surface area contributed by atoms with Crippen molar-refractivity contribution in [2.45, 2.75) is 19.9 Å². The number of benzene rings is 1. The number of fused-ring (bicyclic) bond motifs is 1. The first kappa shape index (κ1) is 17.1. The molecular formula is C20H21N5O2. The number of nitrogen functional groups attached to an aromatic ring is 1. The molecule has 7 heteroatoms. The lowest BCUT2D eigenvalue weighted by Crippen LogP contribution is -2.37. The zero-order chi connectivity index (χ0) is 19.0. The van der Waals surface area contributed by atoms with Crippen LogP contribution in [0.15, 0.2) is 47.5 Å². The van der Waals surface area contributed by atoms with Gasteiger partial charge in [0.2, 0.25) is 5.95 Å². The topological polar surface area (TPSA) is 86.3 Å². The standard InChI is InChI=1S/C20H21N5O2/c1-13-7-10-25(15-3-5-16(27-2)6-4-15)19(26)18(13)24-9-8-17-14(12-24)11-22-20(21)23-17/h3-7,10-11H,8-9,12H2,1-2H3,(H2,21,22,23). The van der Waals surface area contributed by atoms with Crippen molar-refractivity contribution in [2.24, 2.45) is 0 Å². The Labute approximate surface area is 157 Å². The van der Waals surface area contributed by atoms with Crippen molar-refractivity contribution in [3.8, 4) is 11.4 Å². The molecule has 0 amide bonds. The van der Waals surface area contributed by atoms with Crippen LogP contribution < -0.4 is 20.9 Å². The molecule has 0 fully saturated rings. The Hall–Kier alpha value is -3.35. The largest absolute Gasteiger partial charge is 0.497 e. The number of rotatable bonds is 3. The number of hydrogen-bond acceptors (Lipinski definition) is 6. The molecule has 0 radical (unpaired) electrons. The summed E-state index contributed by atoms with van der Waals surface area (Å²) in [6, 6.07) is 9.42. The molecule has 4 rings (SSSR count). The second-order valence-corrected chi connectivity index (χ2v) is 6.59. The molecule has 27 heavy (non-hydrogen) atoms. The molecule has 0 aliphatic carbocycles. The third-order valence-electron chi connectivity index (χ3n) is 4.89. The maximum absolute atomic E-state index is 13.2. The van der Waals surface area contributed by atoms with Gasteiger partial charge >= 0.3 is 0 Å². The average Bonchev–Trinajstić information content (AvgIpc) is 2.68. The normalized spacial score (nSPS) is 13.3. The second kappa shape index (κ2) is 6.75. The number of nitrogens with two attached hydrogens (primary N) is 1. The molecule has 1 aromatic carbocycles. The van der Waals surface area contributed by atoms with E-state index in [-0.39, 0.29) is 5.56 Å². The monoisotopic (exact) mass is 363 g/mol. The Bertz CT molecular complexity index is 1040. The molecule has 0 atom stereocenters. The van der Waals surface area contributed by atoms with Gasteiger partial charge in [-0.1, -0.05) is 0 Å². The lowest BCUT2D eigenvalue weighted by molar-refractivity contribution is 0.414. The zero-order valence-electron chi connectivity index (χ0n) is 15.3. The molecule has 2 N–H and O–H groups in total. The van der Waals surface area contributed by atoms with Crippen molar-refractivity contribution in [3.63, 3.8) is 0 Å². The zero-order valence-corrected chi connectivity index (χ0v) is 15.3. The van der Waals surface area contributed by atoms with Gasteiger partial charge in [0, 0.05) is 43.2 Å². The van der Waals surface area contributed by atoms with Gasteiger partial charge in [-0.2, -0.15) is 0 Å². The molecule has 3 heterocycles. The number of nitrogens with zero attached hydrogens (tertiary/aromatic N) is 4. The second-order valence-electron chi connectivity index (χ2n) is 6.59. The predicted octanol–water partition coefficient (Wildman–Crippen LogP) is 2.09. The molecule has 3 aromatic rings. The quantitative estimate of drug-likeness (QED) is 0.767. The first-order valence-corrected chi connectivity index (χ1v) is 8.78. The van der Waals surface area contributed by atoms with Crippen LogP contribution in [-0.2, 0) is 13.0 Å². The van der Waals surface area contributed by atoms with Gasteiger partial charge in [-0.3, -0.25) is 9.36 Å². The van der Waals surface area contributed by atoms with E-state index in [1.54, 1.807) is 17.9 Å². The van der Waals surface area contributed by atoms with Crippen molar-refractivity contribution in [1.82, 2.24) is 14.5 Å². The number of methoxy groups -OCH3 is 1. The van der Waals surface area contributed by atoms with E-state index in [2.05, 4.69) is 14.9 Å². The van der Waals surface area contributed by atoms with Crippen molar-refractivity contribution < 1.29 is 4.74 Å². The van der Waals surface area contributed by atoms with Crippen molar-refractivity contribution >= 4 is 11.6 Å². The average molecular weight is 363 g/mol. The number of aromatic nitrogens is 3. The number of aryl methyl sites for hydroxylation is 1. The van der Waals surface area contributed by atoms with E-state index >= 15 is 0 Å². The highest BCUT2D eigenvalue weighted by Crippen LogP contribution is 2.24. The van der Waals surface area contributed by atoms with Gasteiger partial charge in [0.25, 0.3) is 5.56 Å². The summed E-state index contributed by atoms with van der Waals surface area (Å²) in [7, 11) is 1.62. The summed E-state index contributed by atoms with van der Waals surface area (Å²) in [5, 5.41) is 0. The van der Waals surface area contributed by atoms with Crippen LogP contribution in [0.2, 0.25) is 0 Å².